The molecular formula is C8H16N2. The maximum Gasteiger partial charge on any atom is 0.0697 e. The van der Waals surface area contributed by atoms with E-state index in [1.54, 1.807) is 0 Å². The number of nitriles is 1. The van der Waals surface area contributed by atoms with Crippen LogP contribution in [-0.2, 0) is 0 Å². The van der Waals surface area contributed by atoms with Crippen LogP contribution in [0, 0.1) is 16.7 Å². The molecule has 0 saturated carbocycles. The van der Waals surface area contributed by atoms with Gasteiger partial charge in [0.2, 0.25) is 0 Å². The van der Waals surface area contributed by atoms with Gasteiger partial charge in [-0.15, -0.1) is 0 Å². The molecule has 0 aromatic heterocycles. The van der Waals surface area contributed by atoms with E-state index in [-0.39, 0.29) is 5.41 Å². The maximum atomic E-state index is 8.62. The molecule has 0 aromatic rings. The van der Waals surface area contributed by atoms with Gasteiger partial charge in [-0.1, -0.05) is 13.8 Å². The van der Waals surface area contributed by atoms with Crippen molar-refractivity contribution in [3.05, 3.63) is 0 Å². The summed E-state index contributed by atoms with van der Waals surface area (Å²) in [5.74, 6) is 0. The van der Waals surface area contributed by atoms with Gasteiger partial charge in [0.25, 0.3) is 0 Å². The van der Waals surface area contributed by atoms with Crippen molar-refractivity contribution in [2.45, 2.75) is 33.7 Å². The van der Waals surface area contributed by atoms with Crippen LogP contribution in [0.1, 0.15) is 27.7 Å². The zero-order valence-corrected chi connectivity index (χ0v) is 7.23. The first-order valence-electron chi connectivity index (χ1n) is 3.62. The van der Waals surface area contributed by atoms with E-state index in [0.29, 0.717) is 6.04 Å². The Morgan fingerprint density at radius 3 is 2.30 bits per heavy atom. The quantitative estimate of drug-likeness (QED) is 0.645. The SMILES string of the molecule is CC(C)NCC(C)(C)C#N. The van der Waals surface area contributed by atoms with Crippen LogP contribution in [-0.4, -0.2) is 12.6 Å². The fraction of sp³-hybridized carbons (Fsp3) is 0.875. The van der Waals surface area contributed by atoms with Crippen molar-refractivity contribution in [1.82, 2.24) is 5.32 Å². The van der Waals surface area contributed by atoms with E-state index < -0.39 is 0 Å². The van der Waals surface area contributed by atoms with Gasteiger partial charge in [-0.2, -0.15) is 5.26 Å². The Labute approximate surface area is 63.2 Å². The first kappa shape index (κ1) is 9.45. The van der Waals surface area contributed by atoms with Crippen molar-refractivity contribution in [1.29, 1.82) is 5.26 Å². The molecule has 0 bridgehead atoms. The van der Waals surface area contributed by atoms with Crippen molar-refractivity contribution >= 4 is 0 Å². The van der Waals surface area contributed by atoms with Crippen LogP contribution in [0.5, 0.6) is 0 Å². The molecule has 0 saturated heterocycles. The van der Waals surface area contributed by atoms with Crippen molar-refractivity contribution in [3.8, 4) is 6.07 Å². The van der Waals surface area contributed by atoms with E-state index in [9.17, 15) is 0 Å². The molecule has 10 heavy (non-hydrogen) atoms. The summed E-state index contributed by atoms with van der Waals surface area (Å²) in [7, 11) is 0. The van der Waals surface area contributed by atoms with E-state index in [4.69, 9.17) is 5.26 Å². The Bertz CT molecular complexity index is 131. The Balaban J connectivity index is 3.60. The van der Waals surface area contributed by atoms with Crippen molar-refractivity contribution in [3.63, 3.8) is 0 Å². The molecule has 0 atom stereocenters. The molecule has 0 fully saturated rings. The zero-order chi connectivity index (χ0) is 8.20. The molecular weight excluding hydrogens is 124 g/mol. The van der Waals surface area contributed by atoms with Gasteiger partial charge in [-0.3, -0.25) is 0 Å². The van der Waals surface area contributed by atoms with E-state index >= 15 is 0 Å². The maximum absolute atomic E-state index is 8.62. The number of rotatable bonds is 3. The fourth-order valence-corrected chi connectivity index (χ4v) is 0.499. The number of hydrogen-bond acceptors (Lipinski definition) is 2. The smallest absolute Gasteiger partial charge is 0.0697 e. The molecule has 2 heteroatoms. The van der Waals surface area contributed by atoms with Crippen LogP contribution < -0.4 is 5.32 Å². The molecule has 0 rings (SSSR count). The van der Waals surface area contributed by atoms with Gasteiger partial charge < -0.3 is 5.32 Å². The number of hydrogen-bond donors (Lipinski definition) is 1. The summed E-state index contributed by atoms with van der Waals surface area (Å²) in [5.41, 5.74) is -0.232. The summed E-state index contributed by atoms with van der Waals surface area (Å²) in [6.45, 7) is 8.78. The highest BCUT2D eigenvalue weighted by Gasteiger charge is 2.15. The minimum atomic E-state index is -0.232. The van der Waals surface area contributed by atoms with E-state index in [1.807, 2.05) is 13.8 Å². The lowest BCUT2D eigenvalue weighted by Gasteiger charge is -2.17. The Hall–Kier alpha value is -0.550. The van der Waals surface area contributed by atoms with Crippen molar-refractivity contribution < 1.29 is 0 Å². The molecule has 0 unspecified atom stereocenters. The summed E-state index contributed by atoms with van der Waals surface area (Å²) in [5, 5.41) is 11.8. The average Bonchev–Trinajstić information content (AvgIpc) is 1.85. The summed E-state index contributed by atoms with van der Waals surface area (Å²) in [4.78, 5) is 0. The third kappa shape index (κ3) is 4.34. The summed E-state index contributed by atoms with van der Waals surface area (Å²) >= 11 is 0. The predicted molar refractivity (Wildman–Crippen MR) is 42.5 cm³/mol. The van der Waals surface area contributed by atoms with Gasteiger partial charge in [-0.25, -0.2) is 0 Å². The van der Waals surface area contributed by atoms with Crippen molar-refractivity contribution in [2.24, 2.45) is 5.41 Å². The molecule has 0 radical (unpaired) electrons. The minimum absolute atomic E-state index is 0.232. The summed E-state index contributed by atoms with van der Waals surface area (Å²) in [6.07, 6.45) is 0. The lowest BCUT2D eigenvalue weighted by atomic mass is 9.96. The largest absolute Gasteiger partial charge is 0.313 e. The van der Waals surface area contributed by atoms with Crippen LogP contribution in [0.15, 0.2) is 0 Å². The summed E-state index contributed by atoms with van der Waals surface area (Å²) in [6, 6.07) is 2.70. The lowest BCUT2D eigenvalue weighted by molar-refractivity contribution is 0.421. The Morgan fingerprint density at radius 1 is 1.50 bits per heavy atom. The highest BCUT2D eigenvalue weighted by Crippen LogP contribution is 2.10. The van der Waals surface area contributed by atoms with Crippen LogP contribution in [0.25, 0.3) is 0 Å². The predicted octanol–water partition coefficient (Wildman–Crippen LogP) is 1.53. The fourth-order valence-electron chi connectivity index (χ4n) is 0.499. The zero-order valence-electron chi connectivity index (χ0n) is 7.23. The van der Waals surface area contributed by atoms with Gasteiger partial charge in [0, 0.05) is 12.6 Å². The topological polar surface area (TPSA) is 35.8 Å². The van der Waals surface area contributed by atoms with Gasteiger partial charge in [0.05, 0.1) is 11.5 Å². The number of nitrogens with one attached hydrogen (secondary N) is 1. The normalized spacial score (nSPS) is 11.6. The third-order valence-electron chi connectivity index (χ3n) is 1.25. The van der Waals surface area contributed by atoms with Crippen LogP contribution in [0.3, 0.4) is 0 Å². The second-order valence-corrected chi connectivity index (χ2v) is 3.53. The molecule has 0 amide bonds. The van der Waals surface area contributed by atoms with E-state index in [2.05, 4.69) is 25.2 Å². The Kier molecular flexibility index (Phi) is 3.38. The Morgan fingerprint density at radius 2 is 2.00 bits per heavy atom. The monoisotopic (exact) mass is 140 g/mol. The lowest BCUT2D eigenvalue weighted by Crippen LogP contribution is -2.32. The van der Waals surface area contributed by atoms with Crippen LogP contribution >= 0.6 is 0 Å². The first-order valence-corrected chi connectivity index (χ1v) is 3.62. The van der Waals surface area contributed by atoms with E-state index in [1.165, 1.54) is 0 Å². The molecule has 0 spiro atoms. The van der Waals surface area contributed by atoms with Crippen LogP contribution in [0.2, 0.25) is 0 Å². The van der Waals surface area contributed by atoms with Gasteiger partial charge in [-0.05, 0) is 13.8 Å². The highest BCUT2D eigenvalue weighted by molar-refractivity contribution is 4.93. The molecule has 0 aromatic carbocycles. The average molecular weight is 140 g/mol. The molecule has 1 N–H and O–H groups in total. The molecule has 0 aliphatic carbocycles. The van der Waals surface area contributed by atoms with Gasteiger partial charge in [0.1, 0.15) is 0 Å². The van der Waals surface area contributed by atoms with Crippen molar-refractivity contribution in [2.75, 3.05) is 6.54 Å². The van der Waals surface area contributed by atoms with Gasteiger partial charge in [0.15, 0.2) is 0 Å². The second-order valence-electron chi connectivity index (χ2n) is 3.53. The standard InChI is InChI=1S/C8H16N2/c1-7(2)10-6-8(3,4)5-9/h7,10H,6H2,1-4H3. The highest BCUT2D eigenvalue weighted by atomic mass is 14.9. The third-order valence-corrected chi connectivity index (χ3v) is 1.25. The molecule has 2 nitrogen and oxygen atoms in total. The molecule has 0 aliphatic heterocycles. The molecule has 0 aliphatic rings. The van der Waals surface area contributed by atoms with E-state index in [0.717, 1.165) is 6.54 Å². The number of nitrogens with zero attached hydrogens (tertiary/aromatic N) is 1. The minimum Gasteiger partial charge on any atom is -0.313 e. The second kappa shape index (κ2) is 3.58. The first-order chi connectivity index (χ1) is 4.48. The molecule has 58 valence electrons. The van der Waals surface area contributed by atoms with Crippen LogP contribution in [0.4, 0.5) is 0 Å². The van der Waals surface area contributed by atoms with Gasteiger partial charge >= 0.3 is 0 Å². The molecule has 0 heterocycles. The summed E-state index contributed by atoms with van der Waals surface area (Å²) < 4.78 is 0.